The lowest BCUT2D eigenvalue weighted by molar-refractivity contribution is -0.133. The van der Waals surface area contributed by atoms with Crippen molar-refractivity contribution >= 4 is 21.8 Å². The number of hydrogen-bond donors (Lipinski definition) is 0. The Labute approximate surface area is 153 Å². The average Bonchev–Trinajstić information content (AvgIpc) is 3.03. The van der Waals surface area contributed by atoms with Gasteiger partial charge >= 0.3 is 0 Å². The van der Waals surface area contributed by atoms with Crippen molar-refractivity contribution in [2.24, 2.45) is 0 Å². The zero-order chi connectivity index (χ0) is 17.8. The van der Waals surface area contributed by atoms with Gasteiger partial charge in [-0.2, -0.15) is 5.10 Å². The molecular formula is C17H19BrF2N4O. The van der Waals surface area contributed by atoms with Crippen molar-refractivity contribution < 1.29 is 13.6 Å². The lowest BCUT2D eigenvalue weighted by Crippen LogP contribution is -2.48. The molecule has 25 heavy (non-hydrogen) atoms. The van der Waals surface area contributed by atoms with Gasteiger partial charge in [0.25, 0.3) is 0 Å². The highest BCUT2D eigenvalue weighted by atomic mass is 79.9. The zero-order valence-electron chi connectivity index (χ0n) is 13.7. The van der Waals surface area contributed by atoms with E-state index in [1.165, 1.54) is 6.07 Å². The lowest BCUT2D eigenvalue weighted by Gasteiger charge is -2.34. The van der Waals surface area contributed by atoms with Crippen molar-refractivity contribution in [3.8, 4) is 0 Å². The molecule has 2 aromatic rings. The second kappa shape index (κ2) is 8.05. The van der Waals surface area contributed by atoms with Gasteiger partial charge in [-0.3, -0.25) is 14.4 Å². The Morgan fingerprint density at radius 2 is 1.96 bits per heavy atom. The average molecular weight is 413 g/mol. The molecule has 0 saturated carbocycles. The molecule has 1 aromatic heterocycles. The number of rotatable bonds is 5. The molecule has 1 aromatic carbocycles. The molecule has 0 aliphatic carbocycles. The van der Waals surface area contributed by atoms with Gasteiger partial charge in [0.05, 0.1) is 10.7 Å². The number of nitrogens with zero attached hydrogens (tertiary/aromatic N) is 4. The van der Waals surface area contributed by atoms with E-state index < -0.39 is 11.6 Å². The number of aromatic nitrogens is 2. The van der Waals surface area contributed by atoms with E-state index in [2.05, 4.69) is 21.0 Å². The van der Waals surface area contributed by atoms with Crippen molar-refractivity contribution in [2.45, 2.75) is 19.5 Å². The van der Waals surface area contributed by atoms with E-state index in [0.29, 0.717) is 51.3 Å². The lowest BCUT2D eigenvalue weighted by atomic mass is 10.1. The Bertz CT molecular complexity index is 744. The normalized spacial score (nSPS) is 15.6. The molecule has 1 amide bonds. The van der Waals surface area contributed by atoms with Gasteiger partial charge in [-0.25, -0.2) is 8.78 Å². The maximum atomic E-state index is 13.7. The molecule has 1 fully saturated rings. The van der Waals surface area contributed by atoms with Crippen LogP contribution in [0.1, 0.15) is 12.0 Å². The molecule has 0 spiro atoms. The van der Waals surface area contributed by atoms with Gasteiger partial charge < -0.3 is 4.90 Å². The first-order chi connectivity index (χ1) is 12.0. The SMILES string of the molecule is O=C(CCn1cc(Br)cn1)N1CCN(Cc2cccc(F)c2F)CC1. The van der Waals surface area contributed by atoms with Crippen LogP contribution < -0.4 is 0 Å². The van der Waals surface area contributed by atoms with Gasteiger partial charge in [0, 0.05) is 57.4 Å². The van der Waals surface area contributed by atoms with Crippen LogP contribution in [0.3, 0.4) is 0 Å². The van der Waals surface area contributed by atoms with E-state index in [-0.39, 0.29) is 5.91 Å². The van der Waals surface area contributed by atoms with Crippen LogP contribution >= 0.6 is 15.9 Å². The van der Waals surface area contributed by atoms with Crippen molar-refractivity contribution in [3.05, 3.63) is 52.3 Å². The number of amides is 1. The molecule has 134 valence electrons. The fourth-order valence-corrected chi connectivity index (χ4v) is 3.22. The molecule has 3 rings (SSSR count). The Balaban J connectivity index is 1.46. The zero-order valence-corrected chi connectivity index (χ0v) is 15.3. The minimum Gasteiger partial charge on any atom is -0.340 e. The van der Waals surface area contributed by atoms with Crippen molar-refractivity contribution in [1.29, 1.82) is 0 Å². The first kappa shape index (κ1) is 18.0. The maximum absolute atomic E-state index is 13.7. The summed E-state index contributed by atoms with van der Waals surface area (Å²) in [5.41, 5.74) is 0.351. The van der Waals surface area contributed by atoms with Crippen LogP contribution in [0, 0.1) is 11.6 Å². The molecule has 5 nitrogen and oxygen atoms in total. The smallest absolute Gasteiger partial charge is 0.224 e. The van der Waals surface area contributed by atoms with Gasteiger partial charge in [0.15, 0.2) is 11.6 Å². The fraction of sp³-hybridized carbons (Fsp3) is 0.412. The van der Waals surface area contributed by atoms with Crippen LogP contribution in [0.15, 0.2) is 35.1 Å². The molecule has 2 heterocycles. The third-order valence-corrected chi connectivity index (χ3v) is 4.72. The molecule has 0 radical (unpaired) electrons. The number of aryl methyl sites for hydroxylation is 1. The first-order valence-electron chi connectivity index (χ1n) is 8.14. The maximum Gasteiger partial charge on any atom is 0.224 e. The summed E-state index contributed by atoms with van der Waals surface area (Å²) >= 11 is 3.32. The predicted molar refractivity (Wildman–Crippen MR) is 92.8 cm³/mol. The summed E-state index contributed by atoms with van der Waals surface area (Å²) in [6.45, 7) is 3.38. The van der Waals surface area contributed by atoms with E-state index in [4.69, 9.17) is 0 Å². The largest absolute Gasteiger partial charge is 0.340 e. The monoisotopic (exact) mass is 412 g/mol. The Hall–Kier alpha value is -1.80. The highest BCUT2D eigenvalue weighted by molar-refractivity contribution is 9.10. The Morgan fingerprint density at radius 3 is 2.64 bits per heavy atom. The van der Waals surface area contributed by atoms with Gasteiger partial charge in [-0.1, -0.05) is 12.1 Å². The van der Waals surface area contributed by atoms with Crippen LogP contribution in [-0.4, -0.2) is 51.7 Å². The molecule has 0 bridgehead atoms. The highest BCUT2D eigenvalue weighted by Gasteiger charge is 2.22. The van der Waals surface area contributed by atoms with Gasteiger partial charge in [-0.15, -0.1) is 0 Å². The minimum absolute atomic E-state index is 0.0863. The van der Waals surface area contributed by atoms with Crippen LogP contribution in [-0.2, 0) is 17.9 Å². The summed E-state index contributed by atoms with van der Waals surface area (Å²) in [7, 11) is 0. The van der Waals surface area contributed by atoms with E-state index in [1.54, 1.807) is 16.9 Å². The number of carbonyl (C=O) groups is 1. The van der Waals surface area contributed by atoms with Crippen LogP contribution in [0.5, 0.6) is 0 Å². The number of carbonyl (C=O) groups excluding carboxylic acids is 1. The third kappa shape index (κ3) is 4.64. The molecule has 1 saturated heterocycles. The summed E-state index contributed by atoms with van der Waals surface area (Å²) < 4.78 is 29.6. The molecule has 8 heteroatoms. The number of benzene rings is 1. The second-order valence-electron chi connectivity index (χ2n) is 6.04. The number of hydrogen-bond acceptors (Lipinski definition) is 3. The van der Waals surface area contributed by atoms with Crippen molar-refractivity contribution in [2.75, 3.05) is 26.2 Å². The molecular weight excluding hydrogens is 394 g/mol. The summed E-state index contributed by atoms with van der Waals surface area (Å²) in [5.74, 6) is -1.52. The van der Waals surface area contributed by atoms with Gasteiger partial charge in [0.1, 0.15) is 0 Å². The molecule has 0 atom stereocenters. The predicted octanol–water partition coefficient (Wildman–Crippen LogP) is 2.66. The number of halogens is 3. The van der Waals surface area contributed by atoms with Crippen LogP contribution in [0.2, 0.25) is 0 Å². The quantitative estimate of drug-likeness (QED) is 0.757. The van der Waals surface area contributed by atoms with Crippen molar-refractivity contribution in [3.63, 3.8) is 0 Å². The van der Waals surface area contributed by atoms with E-state index in [1.807, 2.05) is 16.0 Å². The van der Waals surface area contributed by atoms with Gasteiger partial charge in [0.2, 0.25) is 5.91 Å². The first-order valence-corrected chi connectivity index (χ1v) is 8.93. The van der Waals surface area contributed by atoms with E-state index >= 15 is 0 Å². The summed E-state index contributed by atoms with van der Waals surface area (Å²) in [4.78, 5) is 16.1. The molecule has 0 unspecified atom stereocenters. The second-order valence-corrected chi connectivity index (χ2v) is 6.96. The van der Waals surface area contributed by atoms with Crippen molar-refractivity contribution in [1.82, 2.24) is 19.6 Å². The minimum atomic E-state index is -0.823. The molecule has 0 N–H and O–H groups in total. The molecule has 1 aliphatic rings. The fourth-order valence-electron chi connectivity index (χ4n) is 2.90. The number of piperazine rings is 1. The summed E-state index contributed by atoms with van der Waals surface area (Å²) in [6, 6.07) is 4.23. The highest BCUT2D eigenvalue weighted by Crippen LogP contribution is 2.15. The van der Waals surface area contributed by atoms with E-state index in [0.717, 1.165) is 10.5 Å². The topological polar surface area (TPSA) is 41.4 Å². The van der Waals surface area contributed by atoms with Crippen LogP contribution in [0.4, 0.5) is 8.78 Å². The summed E-state index contributed by atoms with van der Waals surface area (Å²) in [5, 5.41) is 4.13. The third-order valence-electron chi connectivity index (χ3n) is 4.31. The summed E-state index contributed by atoms with van der Waals surface area (Å²) in [6.07, 6.45) is 3.92. The van der Waals surface area contributed by atoms with Gasteiger partial charge in [-0.05, 0) is 22.0 Å². The van der Waals surface area contributed by atoms with E-state index in [9.17, 15) is 13.6 Å². The Kier molecular flexibility index (Phi) is 5.80. The Morgan fingerprint density at radius 1 is 1.20 bits per heavy atom. The molecule has 1 aliphatic heterocycles. The van der Waals surface area contributed by atoms with Crippen LogP contribution in [0.25, 0.3) is 0 Å². The standard InChI is InChI=1S/C17H19BrF2N4O/c18-14-10-21-24(12-14)5-4-16(25)23-8-6-22(7-9-23)11-13-2-1-3-15(19)17(13)20/h1-3,10,12H,4-9,11H2.